The summed E-state index contributed by atoms with van der Waals surface area (Å²) in [4.78, 5) is 2.49. The highest BCUT2D eigenvalue weighted by atomic mass is 79.9. The fraction of sp³-hybridized carbons (Fsp3) is 0.625. The highest BCUT2D eigenvalue weighted by Crippen LogP contribution is 2.33. The SMILES string of the molecule is CCC(N)C(c1ccccc1Br)N1CCC(CO)CC1. The molecule has 1 aromatic carbocycles. The minimum atomic E-state index is 0.138. The molecular formula is C16H25BrN2O. The van der Waals surface area contributed by atoms with Crippen LogP contribution in [0, 0.1) is 5.92 Å². The lowest BCUT2D eigenvalue weighted by Crippen LogP contribution is -2.45. The molecule has 0 bridgehead atoms. The molecule has 1 heterocycles. The Kier molecular flexibility index (Phi) is 6.02. The molecule has 3 nitrogen and oxygen atoms in total. The summed E-state index contributed by atoms with van der Waals surface area (Å²) in [6, 6.07) is 8.78. The van der Waals surface area contributed by atoms with E-state index in [0.29, 0.717) is 12.5 Å². The number of aliphatic hydroxyl groups is 1. The lowest BCUT2D eigenvalue weighted by Gasteiger charge is -2.40. The van der Waals surface area contributed by atoms with E-state index < -0.39 is 0 Å². The topological polar surface area (TPSA) is 49.5 Å². The number of halogens is 1. The van der Waals surface area contributed by atoms with Crippen LogP contribution in [0.3, 0.4) is 0 Å². The standard InChI is InChI=1S/C16H25BrN2O/c1-2-15(18)16(13-5-3-4-6-14(13)17)19-9-7-12(11-20)8-10-19/h3-6,12,15-16,20H,2,7-11,18H2,1H3. The number of piperidine rings is 1. The van der Waals surface area contributed by atoms with Gasteiger partial charge in [0.25, 0.3) is 0 Å². The van der Waals surface area contributed by atoms with E-state index in [9.17, 15) is 5.11 Å². The van der Waals surface area contributed by atoms with Gasteiger partial charge in [-0.1, -0.05) is 41.1 Å². The van der Waals surface area contributed by atoms with Crippen molar-refractivity contribution in [2.24, 2.45) is 11.7 Å². The Bertz CT molecular complexity index is 419. The predicted octanol–water partition coefficient (Wildman–Crippen LogP) is 2.93. The molecule has 1 fully saturated rings. The van der Waals surface area contributed by atoms with Crippen LogP contribution in [0.2, 0.25) is 0 Å². The van der Waals surface area contributed by atoms with E-state index in [1.54, 1.807) is 0 Å². The van der Waals surface area contributed by atoms with Crippen LogP contribution < -0.4 is 5.73 Å². The number of likely N-dealkylation sites (tertiary alicyclic amines) is 1. The van der Waals surface area contributed by atoms with Gasteiger partial charge in [-0.25, -0.2) is 0 Å². The summed E-state index contributed by atoms with van der Waals surface area (Å²) < 4.78 is 1.14. The van der Waals surface area contributed by atoms with E-state index in [-0.39, 0.29) is 12.1 Å². The molecule has 0 saturated carbocycles. The molecule has 3 N–H and O–H groups in total. The molecule has 0 aliphatic carbocycles. The van der Waals surface area contributed by atoms with E-state index >= 15 is 0 Å². The molecule has 2 rings (SSSR count). The van der Waals surface area contributed by atoms with Gasteiger partial charge < -0.3 is 10.8 Å². The first-order chi connectivity index (χ1) is 9.67. The lowest BCUT2D eigenvalue weighted by atomic mass is 9.91. The third-order valence-electron chi connectivity index (χ3n) is 4.40. The first-order valence-corrected chi connectivity index (χ1v) is 8.31. The Morgan fingerprint density at radius 1 is 1.35 bits per heavy atom. The summed E-state index contributed by atoms with van der Waals surface area (Å²) in [6.07, 6.45) is 3.09. The zero-order chi connectivity index (χ0) is 14.5. The smallest absolute Gasteiger partial charge is 0.0510 e. The third-order valence-corrected chi connectivity index (χ3v) is 5.12. The molecular weight excluding hydrogens is 316 g/mol. The van der Waals surface area contributed by atoms with Crippen molar-refractivity contribution in [2.75, 3.05) is 19.7 Å². The summed E-state index contributed by atoms with van der Waals surface area (Å²) in [5, 5.41) is 9.28. The van der Waals surface area contributed by atoms with E-state index in [0.717, 1.165) is 36.8 Å². The van der Waals surface area contributed by atoms with Gasteiger partial charge in [-0.15, -0.1) is 0 Å². The lowest BCUT2D eigenvalue weighted by molar-refractivity contribution is 0.0881. The quantitative estimate of drug-likeness (QED) is 0.866. The van der Waals surface area contributed by atoms with Gasteiger partial charge >= 0.3 is 0 Å². The van der Waals surface area contributed by atoms with E-state index in [1.165, 1.54) is 5.56 Å². The average molecular weight is 341 g/mol. The Morgan fingerprint density at radius 2 is 2.00 bits per heavy atom. The fourth-order valence-corrected chi connectivity index (χ4v) is 3.57. The molecule has 1 aromatic rings. The number of rotatable bonds is 5. The minimum absolute atomic E-state index is 0.138. The van der Waals surface area contributed by atoms with Gasteiger partial charge in [-0.2, -0.15) is 0 Å². The highest BCUT2D eigenvalue weighted by molar-refractivity contribution is 9.10. The molecule has 20 heavy (non-hydrogen) atoms. The van der Waals surface area contributed by atoms with Gasteiger partial charge in [-0.3, -0.25) is 4.90 Å². The molecule has 4 heteroatoms. The maximum absolute atomic E-state index is 9.28. The second kappa shape index (κ2) is 7.55. The molecule has 1 aliphatic rings. The van der Waals surface area contributed by atoms with Crippen LogP contribution in [0.4, 0.5) is 0 Å². The zero-order valence-corrected chi connectivity index (χ0v) is 13.7. The van der Waals surface area contributed by atoms with Crippen LogP contribution in [0.25, 0.3) is 0 Å². The van der Waals surface area contributed by atoms with Crippen LogP contribution in [-0.4, -0.2) is 35.7 Å². The van der Waals surface area contributed by atoms with E-state index in [1.807, 2.05) is 6.07 Å². The summed E-state index contributed by atoms with van der Waals surface area (Å²) in [6.45, 7) is 4.50. The van der Waals surface area contributed by atoms with Crippen LogP contribution >= 0.6 is 15.9 Å². The molecule has 0 radical (unpaired) electrons. The number of hydrogen-bond donors (Lipinski definition) is 2. The van der Waals surface area contributed by atoms with Gasteiger partial charge in [0, 0.05) is 17.1 Å². The zero-order valence-electron chi connectivity index (χ0n) is 12.1. The number of nitrogens with zero attached hydrogens (tertiary/aromatic N) is 1. The normalized spacial score (nSPS) is 20.8. The van der Waals surface area contributed by atoms with Crippen LogP contribution in [0.5, 0.6) is 0 Å². The molecule has 112 valence electrons. The molecule has 2 unspecified atom stereocenters. The van der Waals surface area contributed by atoms with E-state index in [2.05, 4.69) is 46.0 Å². The van der Waals surface area contributed by atoms with Crippen LogP contribution in [0.15, 0.2) is 28.7 Å². The summed E-state index contributed by atoms with van der Waals surface area (Å²) in [7, 11) is 0. The van der Waals surface area contributed by atoms with Crippen LogP contribution in [-0.2, 0) is 0 Å². The van der Waals surface area contributed by atoms with Crippen molar-refractivity contribution in [3.05, 3.63) is 34.3 Å². The van der Waals surface area contributed by atoms with Crippen LogP contribution in [0.1, 0.15) is 37.8 Å². The summed E-state index contributed by atoms with van der Waals surface area (Å²) in [5.41, 5.74) is 7.69. The van der Waals surface area contributed by atoms with Crippen molar-refractivity contribution in [3.63, 3.8) is 0 Å². The highest BCUT2D eigenvalue weighted by Gasteiger charge is 2.30. The molecule has 2 atom stereocenters. The Balaban J connectivity index is 2.19. The number of nitrogens with two attached hydrogens (primary N) is 1. The van der Waals surface area contributed by atoms with Crippen molar-refractivity contribution in [1.82, 2.24) is 4.90 Å². The minimum Gasteiger partial charge on any atom is -0.396 e. The largest absolute Gasteiger partial charge is 0.396 e. The number of hydrogen-bond acceptors (Lipinski definition) is 3. The van der Waals surface area contributed by atoms with Crippen molar-refractivity contribution in [3.8, 4) is 0 Å². The van der Waals surface area contributed by atoms with Gasteiger partial charge in [0.05, 0.1) is 6.04 Å². The maximum atomic E-state index is 9.28. The Hall–Kier alpha value is -0.420. The number of aliphatic hydroxyl groups excluding tert-OH is 1. The van der Waals surface area contributed by atoms with Crippen molar-refractivity contribution in [2.45, 2.75) is 38.3 Å². The van der Waals surface area contributed by atoms with Crippen molar-refractivity contribution >= 4 is 15.9 Å². The summed E-state index contributed by atoms with van der Waals surface area (Å²) >= 11 is 3.66. The molecule has 0 amide bonds. The number of benzene rings is 1. The monoisotopic (exact) mass is 340 g/mol. The van der Waals surface area contributed by atoms with E-state index in [4.69, 9.17) is 5.73 Å². The Labute approximate surface area is 130 Å². The third kappa shape index (κ3) is 3.61. The van der Waals surface area contributed by atoms with Gasteiger partial charge in [0.1, 0.15) is 0 Å². The molecule has 0 spiro atoms. The van der Waals surface area contributed by atoms with Gasteiger partial charge in [0.15, 0.2) is 0 Å². The van der Waals surface area contributed by atoms with Gasteiger partial charge in [0.2, 0.25) is 0 Å². The predicted molar refractivity (Wildman–Crippen MR) is 86.5 cm³/mol. The Morgan fingerprint density at radius 3 is 2.55 bits per heavy atom. The summed E-state index contributed by atoms with van der Waals surface area (Å²) in [5.74, 6) is 0.462. The first-order valence-electron chi connectivity index (χ1n) is 7.52. The second-order valence-corrected chi connectivity index (χ2v) is 6.55. The van der Waals surface area contributed by atoms with Gasteiger partial charge in [-0.05, 0) is 49.9 Å². The molecule has 1 saturated heterocycles. The van der Waals surface area contributed by atoms with Crippen molar-refractivity contribution < 1.29 is 5.11 Å². The second-order valence-electron chi connectivity index (χ2n) is 5.70. The molecule has 0 aromatic heterocycles. The fourth-order valence-electron chi connectivity index (χ4n) is 3.05. The average Bonchev–Trinajstić information content (AvgIpc) is 2.50. The first kappa shape index (κ1) is 16.0. The molecule has 1 aliphatic heterocycles. The maximum Gasteiger partial charge on any atom is 0.0510 e. The van der Waals surface area contributed by atoms with Crippen molar-refractivity contribution in [1.29, 1.82) is 0 Å².